The van der Waals surface area contributed by atoms with Crippen LogP contribution in [0.5, 0.6) is 0 Å². The zero-order valence-corrected chi connectivity index (χ0v) is 18.7. The number of hydrogen-bond acceptors (Lipinski definition) is 9. The monoisotopic (exact) mass is 464 g/mol. The lowest BCUT2D eigenvalue weighted by Crippen LogP contribution is -2.43. The van der Waals surface area contributed by atoms with Crippen LogP contribution in [-0.2, 0) is 39.8 Å². The average molecular weight is 465 g/mol. The van der Waals surface area contributed by atoms with Gasteiger partial charge in [-0.3, -0.25) is 4.18 Å². The van der Waals surface area contributed by atoms with Crippen molar-refractivity contribution in [2.75, 3.05) is 5.75 Å². The summed E-state index contributed by atoms with van der Waals surface area (Å²) in [4.78, 5) is 0.0780. The fraction of sp³-hybridized carbons (Fsp3) is 0.588. The fourth-order valence-corrected chi connectivity index (χ4v) is 7.80. The second kappa shape index (κ2) is 7.69. The molecule has 4 rings (SSSR count). The molecule has 3 aliphatic heterocycles. The van der Waals surface area contributed by atoms with Crippen LogP contribution in [0, 0.1) is 6.92 Å². The van der Waals surface area contributed by atoms with Crippen LogP contribution < -0.4 is 0 Å². The van der Waals surface area contributed by atoms with Gasteiger partial charge in [-0.1, -0.05) is 29.5 Å². The highest BCUT2D eigenvalue weighted by Crippen LogP contribution is 2.45. The number of fused-ring (bicyclic) bond motifs is 1. The first-order chi connectivity index (χ1) is 13.2. The molecule has 0 radical (unpaired) electrons. The van der Waals surface area contributed by atoms with Crippen molar-refractivity contribution in [1.82, 2.24) is 0 Å². The Labute approximate surface area is 176 Å². The molecule has 0 spiro atoms. The van der Waals surface area contributed by atoms with Gasteiger partial charge in [-0.25, -0.2) is 4.21 Å². The summed E-state index contributed by atoms with van der Waals surface area (Å²) in [7, 11) is -4.02. The van der Waals surface area contributed by atoms with E-state index in [1.54, 1.807) is 26.0 Å². The smallest absolute Gasteiger partial charge is 0.297 e. The van der Waals surface area contributed by atoms with Gasteiger partial charge in [-0.15, -0.1) is 11.8 Å². The summed E-state index contributed by atoms with van der Waals surface area (Å²) in [6.45, 7) is 5.37. The van der Waals surface area contributed by atoms with Crippen molar-refractivity contribution in [2.45, 2.75) is 61.3 Å². The molecular formula is C17H20O7S4. The van der Waals surface area contributed by atoms with E-state index < -0.39 is 40.5 Å². The normalized spacial score (nSPS) is 34.5. The zero-order valence-electron chi connectivity index (χ0n) is 15.4. The third-order valence-corrected chi connectivity index (χ3v) is 9.68. The zero-order chi connectivity index (χ0) is 20.1. The Bertz CT molecular complexity index is 908. The second-order valence-corrected chi connectivity index (χ2v) is 12.4. The van der Waals surface area contributed by atoms with E-state index in [-0.39, 0.29) is 10.1 Å². The highest BCUT2D eigenvalue weighted by molar-refractivity contribution is 8.48. The molecule has 3 aliphatic rings. The van der Waals surface area contributed by atoms with Crippen molar-refractivity contribution in [2.24, 2.45) is 0 Å². The standard InChI is InChI=1S/C17H20O7S4/c1-9-4-6-10(7-5-9)28(19,20)24-13-12(11-8-25-16(26-11)27-18)21-15-14(13)22-17(2,3)23-15/h4-7,11-15H,8H2,1-3H3/t11-,12-,13+,14+,15-/m0/s1. The Hall–Kier alpha value is -0.400. The lowest BCUT2D eigenvalue weighted by atomic mass is 10.1. The second-order valence-electron chi connectivity index (χ2n) is 7.20. The highest BCUT2D eigenvalue weighted by atomic mass is 32.2. The molecule has 0 amide bonds. The van der Waals surface area contributed by atoms with Crippen LogP contribution in [0.25, 0.3) is 0 Å². The third kappa shape index (κ3) is 4.08. The van der Waals surface area contributed by atoms with E-state index in [4.69, 9.17) is 18.4 Å². The van der Waals surface area contributed by atoms with Gasteiger partial charge in [0.1, 0.15) is 33.1 Å². The SMILES string of the molecule is Cc1ccc(S(=O)(=O)O[C@@H]2[C@H]([C@@H]3CSC(=S=O)S3)O[C@H]3OC(C)(C)O[C@@H]32)cc1. The quantitative estimate of drug-likeness (QED) is 0.491. The van der Waals surface area contributed by atoms with Gasteiger partial charge in [0.2, 0.25) is 0 Å². The van der Waals surface area contributed by atoms with E-state index in [2.05, 4.69) is 0 Å². The van der Waals surface area contributed by atoms with Crippen LogP contribution in [0.15, 0.2) is 29.2 Å². The first kappa shape index (κ1) is 20.9. The lowest BCUT2D eigenvalue weighted by molar-refractivity contribution is -0.212. The molecule has 3 saturated heterocycles. The van der Waals surface area contributed by atoms with Gasteiger partial charge < -0.3 is 14.2 Å². The van der Waals surface area contributed by atoms with Crippen LogP contribution in [0.1, 0.15) is 19.4 Å². The molecule has 0 aromatic heterocycles. The fourth-order valence-electron chi connectivity index (χ4n) is 3.37. The minimum absolute atomic E-state index is 0.0780. The molecule has 0 unspecified atom stereocenters. The molecule has 0 N–H and O–H groups in total. The molecule has 1 aromatic rings. The molecule has 0 saturated carbocycles. The molecule has 3 fully saturated rings. The summed E-state index contributed by atoms with van der Waals surface area (Å²) in [6, 6.07) is 6.47. The van der Waals surface area contributed by atoms with Crippen molar-refractivity contribution < 1.29 is 31.0 Å². The van der Waals surface area contributed by atoms with Gasteiger partial charge >= 0.3 is 0 Å². The number of rotatable bonds is 4. The number of ether oxygens (including phenoxy) is 3. The minimum Gasteiger partial charge on any atom is -0.342 e. The molecule has 154 valence electrons. The predicted molar refractivity (Wildman–Crippen MR) is 109 cm³/mol. The van der Waals surface area contributed by atoms with Crippen LogP contribution in [0.3, 0.4) is 0 Å². The molecule has 1 aromatic carbocycles. The summed E-state index contributed by atoms with van der Waals surface area (Å²) in [5.41, 5.74) is 0.952. The molecule has 28 heavy (non-hydrogen) atoms. The summed E-state index contributed by atoms with van der Waals surface area (Å²) in [5.74, 6) is -0.261. The Morgan fingerprint density at radius 1 is 1.18 bits per heavy atom. The van der Waals surface area contributed by atoms with Crippen LogP contribution >= 0.6 is 23.5 Å². The maximum atomic E-state index is 12.9. The van der Waals surface area contributed by atoms with Gasteiger partial charge in [0.05, 0.1) is 4.90 Å². The van der Waals surface area contributed by atoms with Crippen LogP contribution in [-0.4, -0.2) is 57.5 Å². The van der Waals surface area contributed by atoms with E-state index >= 15 is 0 Å². The highest BCUT2D eigenvalue weighted by Gasteiger charge is 2.59. The Morgan fingerprint density at radius 2 is 1.89 bits per heavy atom. The first-order valence-corrected chi connectivity index (χ1v) is 12.7. The van der Waals surface area contributed by atoms with Gasteiger partial charge in [-0.05, 0) is 32.9 Å². The van der Waals surface area contributed by atoms with Crippen molar-refractivity contribution in [1.29, 1.82) is 0 Å². The van der Waals surface area contributed by atoms with Crippen molar-refractivity contribution in [3.8, 4) is 0 Å². The molecule has 0 aliphatic carbocycles. The maximum Gasteiger partial charge on any atom is 0.297 e. The van der Waals surface area contributed by atoms with Gasteiger partial charge in [0.15, 0.2) is 12.1 Å². The Kier molecular flexibility index (Phi) is 5.73. The van der Waals surface area contributed by atoms with E-state index in [9.17, 15) is 12.6 Å². The van der Waals surface area contributed by atoms with Crippen molar-refractivity contribution in [3.05, 3.63) is 29.8 Å². The van der Waals surface area contributed by atoms with Crippen molar-refractivity contribution in [3.63, 3.8) is 0 Å². The van der Waals surface area contributed by atoms with Gasteiger partial charge in [-0.2, -0.15) is 8.42 Å². The predicted octanol–water partition coefficient (Wildman–Crippen LogP) is 2.09. The Morgan fingerprint density at radius 3 is 2.54 bits per heavy atom. The average Bonchev–Trinajstić information content (AvgIpc) is 3.29. The topological polar surface area (TPSA) is 88.1 Å². The van der Waals surface area contributed by atoms with Crippen molar-refractivity contribution >= 4 is 48.4 Å². The van der Waals surface area contributed by atoms with E-state index in [0.29, 0.717) is 20.5 Å². The number of aryl methyl sites for hydroxylation is 1. The van der Waals surface area contributed by atoms with E-state index in [0.717, 1.165) is 5.56 Å². The summed E-state index contributed by atoms with van der Waals surface area (Å²) in [5, 5.41) is -0.124. The number of hydrogen-bond donors (Lipinski definition) is 0. The van der Waals surface area contributed by atoms with Gasteiger partial charge in [0, 0.05) is 11.0 Å². The molecule has 7 nitrogen and oxygen atoms in total. The summed E-state index contributed by atoms with van der Waals surface area (Å²) in [6.07, 6.45) is -2.83. The summed E-state index contributed by atoms with van der Waals surface area (Å²) >= 11 is 3.28. The molecule has 5 atom stereocenters. The first-order valence-electron chi connectivity index (χ1n) is 8.66. The Balaban J connectivity index is 1.61. The molecule has 0 bridgehead atoms. The maximum absolute atomic E-state index is 12.9. The third-order valence-electron chi connectivity index (χ3n) is 4.62. The van der Waals surface area contributed by atoms with Crippen LogP contribution in [0.2, 0.25) is 0 Å². The minimum atomic E-state index is -4.02. The summed E-state index contributed by atoms with van der Waals surface area (Å²) < 4.78 is 60.9. The van der Waals surface area contributed by atoms with Crippen LogP contribution in [0.4, 0.5) is 0 Å². The van der Waals surface area contributed by atoms with Gasteiger partial charge in [0.25, 0.3) is 10.1 Å². The lowest BCUT2D eigenvalue weighted by Gasteiger charge is -2.27. The number of benzene rings is 1. The van der Waals surface area contributed by atoms with E-state index in [1.165, 1.54) is 35.7 Å². The molecule has 11 heteroatoms. The van der Waals surface area contributed by atoms with E-state index in [1.807, 2.05) is 6.92 Å². The molecule has 3 heterocycles. The largest absolute Gasteiger partial charge is 0.342 e. The molecular weight excluding hydrogens is 444 g/mol. The number of thioether (sulfide) groups is 2.